The number of nitrogens with one attached hydrogen (secondary N) is 1. The molecule has 0 aromatic heterocycles. The highest BCUT2D eigenvalue weighted by atomic mass is 32.1. The molecule has 3 nitrogen and oxygen atoms in total. The van der Waals surface area contributed by atoms with Gasteiger partial charge in [0, 0.05) is 41.8 Å². The molecule has 0 amide bonds. The van der Waals surface area contributed by atoms with E-state index in [0.29, 0.717) is 34.8 Å². The molecule has 128 valence electrons. The Morgan fingerprint density at radius 3 is 2.79 bits per heavy atom. The molecule has 6 heteroatoms. The molecule has 2 aliphatic rings. The van der Waals surface area contributed by atoms with E-state index in [1.807, 2.05) is 12.2 Å². The summed E-state index contributed by atoms with van der Waals surface area (Å²) in [6, 6.07) is 5.15. The Bertz CT molecular complexity index is 652. The van der Waals surface area contributed by atoms with E-state index in [0.717, 1.165) is 18.5 Å². The topological polar surface area (TPSA) is 38.3 Å². The third-order valence-corrected chi connectivity index (χ3v) is 4.85. The van der Waals surface area contributed by atoms with Gasteiger partial charge in [-0.1, -0.05) is 24.3 Å². The van der Waals surface area contributed by atoms with E-state index in [-0.39, 0.29) is 12.8 Å². The average molecular weight is 352 g/mol. The third kappa shape index (κ3) is 4.45. The van der Waals surface area contributed by atoms with Crippen molar-refractivity contribution in [2.75, 3.05) is 6.54 Å². The lowest BCUT2D eigenvalue weighted by Crippen LogP contribution is -2.43. The Balaban J connectivity index is 1.56. The Labute approximate surface area is 144 Å². The van der Waals surface area contributed by atoms with Crippen molar-refractivity contribution in [3.05, 3.63) is 48.1 Å². The van der Waals surface area contributed by atoms with Gasteiger partial charge in [0.25, 0.3) is 10.8 Å². The summed E-state index contributed by atoms with van der Waals surface area (Å²) in [5, 5.41) is 3.35. The van der Waals surface area contributed by atoms with E-state index >= 15 is 0 Å². The number of hydrogen-bond acceptors (Lipinski definition) is 3. The number of benzene rings is 1. The number of halogens is 2. The van der Waals surface area contributed by atoms with Gasteiger partial charge in [-0.25, -0.2) is 8.78 Å². The van der Waals surface area contributed by atoms with E-state index in [2.05, 4.69) is 17.5 Å². The molecule has 1 aromatic carbocycles. The first kappa shape index (κ1) is 17.2. The molecule has 1 atom stereocenters. The molecule has 0 aliphatic heterocycles. The van der Waals surface area contributed by atoms with Gasteiger partial charge < -0.3 is 10.1 Å². The van der Waals surface area contributed by atoms with Crippen LogP contribution in [0.15, 0.2) is 47.4 Å². The van der Waals surface area contributed by atoms with E-state index in [9.17, 15) is 13.0 Å². The molecule has 0 saturated heterocycles. The fourth-order valence-corrected chi connectivity index (χ4v) is 3.27. The number of alkyl halides is 2. The maximum Gasteiger partial charge on any atom is 0.505 e. The van der Waals surface area contributed by atoms with Crippen LogP contribution < -0.4 is 10.1 Å². The molecule has 0 spiro atoms. The summed E-state index contributed by atoms with van der Waals surface area (Å²) in [5.41, 5.74) is 0.842. The van der Waals surface area contributed by atoms with Crippen LogP contribution in [0.5, 0.6) is 5.75 Å². The van der Waals surface area contributed by atoms with Crippen molar-refractivity contribution in [1.82, 2.24) is 5.32 Å². The maximum absolute atomic E-state index is 12.9. The Kier molecular flexibility index (Phi) is 5.36. The van der Waals surface area contributed by atoms with Crippen molar-refractivity contribution in [3.63, 3.8) is 0 Å². The minimum Gasteiger partial charge on any atom is -0.490 e. The van der Waals surface area contributed by atoms with Crippen LogP contribution >= 0.6 is 0 Å². The van der Waals surface area contributed by atoms with Crippen molar-refractivity contribution in [2.24, 2.45) is 5.92 Å². The molecule has 0 heterocycles. The summed E-state index contributed by atoms with van der Waals surface area (Å²) >= 11 is 0.438. The van der Waals surface area contributed by atoms with Gasteiger partial charge in [-0.05, 0) is 24.5 Å². The van der Waals surface area contributed by atoms with Gasteiger partial charge in [0.15, 0.2) is 0 Å². The lowest BCUT2D eigenvalue weighted by molar-refractivity contribution is -0.134. The summed E-state index contributed by atoms with van der Waals surface area (Å²) in [4.78, 5) is 0.632. The summed E-state index contributed by atoms with van der Waals surface area (Å²) < 4.78 is 42.6. The summed E-state index contributed by atoms with van der Waals surface area (Å²) in [7, 11) is 0. The highest BCUT2D eigenvalue weighted by Gasteiger charge is 2.47. The molecule has 3 rings (SSSR count). The van der Waals surface area contributed by atoms with Crippen molar-refractivity contribution < 1.29 is 17.7 Å². The highest BCUT2D eigenvalue weighted by Crippen LogP contribution is 2.39. The number of hydrogen-bond donors (Lipinski definition) is 1. The summed E-state index contributed by atoms with van der Waals surface area (Å²) in [6.45, 7) is 1.38. The normalized spacial score (nSPS) is 22.2. The first-order chi connectivity index (χ1) is 11.6. The Hall–Kier alpha value is -1.66. The van der Waals surface area contributed by atoms with Crippen molar-refractivity contribution in [1.29, 1.82) is 0 Å². The van der Waals surface area contributed by atoms with Crippen LogP contribution in [0.1, 0.15) is 24.8 Å². The SMILES string of the molecule is O=[S+]c1ccc(OC2CC(F)(F)C2)cc1CNCC1C=CC=CC1. The van der Waals surface area contributed by atoms with Crippen LogP contribution in [0.2, 0.25) is 0 Å². The van der Waals surface area contributed by atoms with Gasteiger partial charge in [0.2, 0.25) is 0 Å². The molecule has 2 aliphatic carbocycles. The zero-order valence-corrected chi connectivity index (χ0v) is 14.0. The molecule has 0 bridgehead atoms. The fourth-order valence-electron chi connectivity index (χ4n) is 2.91. The van der Waals surface area contributed by atoms with Crippen LogP contribution in [0.25, 0.3) is 0 Å². The smallest absolute Gasteiger partial charge is 0.490 e. The maximum atomic E-state index is 12.9. The second-order valence-electron chi connectivity index (χ2n) is 6.30. The predicted molar refractivity (Wildman–Crippen MR) is 89.5 cm³/mol. The number of rotatable bonds is 7. The van der Waals surface area contributed by atoms with Crippen LogP contribution in [0.4, 0.5) is 8.78 Å². The molecule has 24 heavy (non-hydrogen) atoms. The van der Waals surface area contributed by atoms with Gasteiger partial charge in [-0.2, -0.15) is 0 Å². The van der Waals surface area contributed by atoms with Crippen molar-refractivity contribution in [3.8, 4) is 5.75 Å². The first-order valence-corrected chi connectivity index (χ1v) is 8.81. The van der Waals surface area contributed by atoms with E-state index in [1.54, 1.807) is 18.2 Å². The largest absolute Gasteiger partial charge is 0.505 e. The second kappa shape index (κ2) is 7.49. The molecule has 0 radical (unpaired) electrons. The Morgan fingerprint density at radius 2 is 2.12 bits per heavy atom. The minimum atomic E-state index is -2.60. The summed E-state index contributed by atoms with van der Waals surface area (Å²) in [6.07, 6.45) is 8.46. The first-order valence-electron chi connectivity index (χ1n) is 8.07. The fraction of sp³-hybridized carbons (Fsp3) is 0.444. The monoisotopic (exact) mass is 352 g/mol. The number of ether oxygens (including phenoxy) is 1. The van der Waals surface area contributed by atoms with Crippen molar-refractivity contribution >= 4 is 11.7 Å². The Morgan fingerprint density at radius 1 is 1.29 bits per heavy atom. The molecule has 1 N–H and O–H groups in total. The molecule has 1 aromatic rings. The van der Waals surface area contributed by atoms with E-state index < -0.39 is 12.0 Å². The van der Waals surface area contributed by atoms with E-state index in [1.165, 1.54) is 0 Å². The van der Waals surface area contributed by atoms with Gasteiger partial charge in [0.1, 0.15) is 11.9 Å². The molecule has 1 fully saturated rings. The third-order valence-electron chi connectivity index (χ3n) is 4.27. The molecule has 1 unspecified atom stereocenters. The zero-order chi connectivity index (χ0) is 17.0. The minimum absolute atomic E-state index is 0.236. The second-order valence-corrected chi connectivity index (χ2v) is 6.90. The standard InChI is InChI=1S/C18H20F2NO2S/c19-18(20)9-16(10-18)23-15-6-7-17(24-22)14(8-15)12-21-11-13-4-2-1-3-5-13/h1-4,6-8,13,16,21H,5,9-12H2/q+1. The zero-order valence-electron chi connectivity index (χ0n) is 13.2. The van der Waals surface area contributed by atoms with Gasteiger partial charge >= 0.3 is 11.7 Å². The predicted octanol–water partition coefficient (Wildman–Crippen LogP) is 3.87. The van der Waals surface area contributed by atoms with Gasteiger partial charge in [-0.3, -0.25) is 0 Å². The van der Waals surface area contributed by atoms with Crippen molar-refractivity contribution in [2.45, 2.75) is 42.7 Å². The van der Waals surface area contributed by atoms with Crippen LogP contribution in [0.3, 0.4) is 0 Å². The van der Waals surface area contributed by atoms with Gasteiger partial charge in [0.05, 0.1) is 0 Å². The summed E-state index contributed by atoms with van der Waals surface area (Å²) in [5.74, 6) is -1.59. The van der Waals surface area contributed by atoms with Gasteiger partial charge in [-0.15, -0.1) is 0 Å². The molecule has 1 saturated carbocycles. The molecular weight excluding hydrogens is 332 g/mol. The lowest BCUT2D eigenvalue weighted by Gasteiger charge is -2.34. The highest BCUT2D eigenvalue weighted by molar-refractivity contribution is 7.65. The quantitative estimate of drug-likeness (QED) is 0.757. The lowest BCUT2D eigenvalue weighted by atomic mass is 9.91. The van der Waals surface area contributed by atoms with E-state index in [4.69, 9.17) is 4.74 Å². The average Bonchev–Trinajstić information content (AvgIpc) is 2.54. The molecular formula is C18H20F2NO2S+. The van der Waals surface area contributed by atoms with Crippen LogP contribution in [-0.2, 0) is 22.4 Å². The van der Waals surface area contributed by atoms with Crippen LogP contribution in [0, 0.1) is 5.92 Å². The van der Waals surface area contributed by atoms with Crippen LogP contribution in [-0.4, -0.2) is 18.6 Å². The number of allylic oxidation sites excluding steroid dienone is 3.